The summed E-state index contributed by atoms with van der Waals surface area (Å²) in [7, 11) is 0. The van der Waals surface area contributed by atoms with E-state index in [9.17, 15) is 0 Å². The fraction of sp³-hybridized carbons (Fsp3) is 0. The van der Waals surface area contributed by atoms with Gasteiger partial charge in [-0.2, -0.15) is 0 Å². The first-order chi connectivity index (χ1) is 23.3. The number of nitrogens with zero attached hydrogens (tertiary/aromatic N) is 1. The molecule has 0 spiro atoms. The molecule has 2 aliphatic rings. The Hall–Kier alpha value is -6.20. The second-order valence-corrected chi connectivity index (χ2v) is 12.4. The number of ether oxygens (including phenoxy) is 2. The number of benzene rings is 7. The van der Waals surface area contributed by atoms with Crippen LogP contribution in [0.25, 0.3) is 60.6 Å². The first-order valence-electron chi connectivity index (χ1n) is 16.0. The SMILES string of the molecule is c1ccc(-n2c3ccc(-c4cc5c6c(c4)Oc4ccccc4B6c4ccccc4O5)cc3c3c4oc5ccccc5c4ccc32)cc1. The van der Waals surface area contributed by atoms with Gasteiger partial charge in [-0.15, -0.1) is 0 Å². The van der Waals surface area contributed by atoms with Gasteiger partial charge in [-0.3, -0.25) is 0 Å². The molecular weight excluding hydrogens is 577 g/mol. The molecule has 2 aromatic heterocycles. The summed E-state index contributed by atoms with van der Waals surface area (Å²) in [5, 5.41) is 4.48. The van der Waals surface area contributed by atoms with Crippen LogP contribution in [0.4, 0.5) is 0 Å². The summed E-state index contributed by atoms with van der Waals surface area (Å²) in [4.78, 5) is 0. The summed E-state index contributed by atoms with van der Waals surface area (Å²) < 4.78 is 22.2. The quantitative estimate of drug-likeness (QED) is 0.186. The van der Waals surface area contributed by atoms with Crippen molar-refractivity contribution in [3.05, 3.63) is 146 Å². The van der Waals surface area contributed by atoms with Crippen molar-refractivity contribution in [3.63, 3.8) is 0 Å². The van der Waals surface area contributed by atoms with Crippen LogP contribution in [-0.2, 0) is 0 Å². The molecule has 0 atom stereocenters. The van der Waals surface area contributed by atoms with Gasteiger partial charge in [0.2, 0.25) is 0 Å². The van der Waals surface area contributed by atoms with Gasteiger partial charge in [0.15, 0.2) is 0 Å². The Balaban J connectivity index is 1.18. The molecule has 9 aromatic rings. The Morgan fingerprint density at radius 2 is 1.13 bits per heavy atom. The third-order valence-electron chi connectivity index (χ3n) is 9.91. The summed E-state index contributed by atoms with van der Waals surface area (Å²) in [5.74, 6) is 3.45. The lowest BCUT2D eigenvalue weighted by molar-refractivity contribution is 0.465. The fourth-order valence-electron chi connectivity index (χ4n) is 7.88. The van der Waals surface area contributed by atoms with E-state index in [-0.39, 0.29) is 6.71 Å². The lowest BCUT2D eigenvalue weighted by Crippen LogP contribution is -2.57. The van der Waals surface area contributed by atoms with E-state index in [1.807, 2.05) is 24.3 Å². The summed E-state index contributed by atoms with van der Waals surface area (Å²) in [6.07, 6.45) is 0. The molecule has 2 aliphatic heterocycles. The van der Waals surface area contributed by atoms with Gasteiger partial charge < -0.3 is 18.5 Å². The van der Waals surface area contributed by atoms with Crippen molar-refractivity contribution in [2.24, 2.45) is 0 Å². The molecule has 0 radical (unpaired) electrons. The Labute approximate surface area is 270 Å². The number of furan rings is 1. The van der Waals surface area contributed by atoms with Crippen molar-refractivity contribution < 1.29 is 13.9 Å². The van der Waals surface area contributed by atoms with Crippen LogP contribution in [0.3, 0.4) is 0 Å². The van der Waals surface area contributed by atoms with E-state index in [0.29, 0.717) is 0 Å². The highest BCUT2D eigenvalue weighted by atomic mass is 16.5. The number of aromatic nitrogens is 1. The van der Waals surface area contributed by atoms with E-state index >= 15 is 0 Å². The number of rotatable bonds is 2. The minimum atomic E-state index is 0.0525. The third-order valence-corrected chi connectivity index (χ3v) is 9.91. The van der Waals surface area contributed by atoms with E-state index in [1.165, 1.54) is 0 Å². The molecule has 11 rings (SSSR count). The zero-order valence-electron chi connectivity index (χ0n) is 25.1. The average molecular weight is 601 g/mol. The molecule has 218 valence electrons. The predicted molar refractivity (Wildman–Crippen MR) is 191 cm³/mol. The summed E-state index contributed by atoms with van der Waals surface area (Å²) in [6.45, 7) is 0.0525. The largest absolute Gasteiger partial charge is 0.458 e. The smallest absolute Gasteiger partial charge is 0.260 e. The zero-order valence-corrected chi connectivity index (χ0v) is 25.1. The van der Waals surface area contributed by atoms with Crippen LogP contribution in [0, 0.1) is 0 Å². The van der Waals surface area contributed by atoms with Gasteiger partial charge >= 0.3 is 0 Å². The van der Waals surface area contributed by atoms with Crippen LogP contribution in [0.1, 0.15) is 0 Å². The molecular formula is C42H24BNO3. The maximum absolute atomic E-state index is 6.61. The van der Waals surface area contributed by atoms with E-state index in [2.05, 4.69) is 126 Å². The van der Waals surface area contributed by atoms with Crippen LogP contribution < -0.4 is 25.9 Å². The van der Waals surface area contributed by atoms with Gasteiger partial charge in [0, 0.05) is 27.3 Å². The molecule has 0 unspecified atom stereocenters. The molecule has 47 heavy (non-hydrogen) atoms. The second-order valence-electron chi connectivity index (χ2n) is 12.4. The monoisotopic (exact) mass is 601 g/mol. The predicted octanol–water partition coefficient (Wildman–Crippen LogP) is 9.08. The average Bonchev–Trinajstić information content (AvgIpc) is 3.67. The topological polar surface area (TPSA) is 36.5 Å². The summed E-state index contributed by atoms with van der Waals surface area (Å²) in [5.41, 5.74) is 10.7. The minimum absolute atomic E-state index is 0.0525. The molecule has 7 aromatic carbocycles. The standard InChI is InChI=1S/C42H24BNO3/c1-2-10-27(11-3-1)44-33-20-18-25(22-30(33)40-34(44)21-19-29-28-12-4-7-15-35(28)47-42(29)40)26-23-38-41-39(24-26)46-37-17-9-6-14-32(37)43(41)31-13-5-8-16-36(31)45-38/h1-24H. The Morgan fingerprint density at radius 1 is 0.468 bits per heavy atom. The van der Waals surface area contributed by atoms with Crippen molar-refractivity contribution in [3.8, 4) is 39.8 Å². The Kier molecular flexibility index (Phi) is 4.89. The van der Waals surface area contributed by atoms with Crippen LogP contribution in [0.2, 0.25) is 0 Å². The lowest BCUT2D eigenvalue weighted by atomic mass is 9.35. The normalized spacial score (nSPS) is 13.0. The summed E-state index contributed by atoms with van der Waals surface area (Å²) >= 11 is 0. The molecule has 0 N–H and O–H groups in total. The van der Waals surface area contributed by atoms with Gasteiger partial charge in [0.25, 0.3) is 6.71 Å². The zero-order chi connectivity index (χ0) is 30.6. The first-order valence-corrected chi connectivity index (χ1v) is 16.0. The van der Waals surface area contributed by atoms with E-state index in [4.69, 9.17) is 13.9 Å². The van der Waals surface area contributed by atoms with Crippen molar-refractivity contribution in [2.75, 3.05) is 0 Å². The first kappa shape index (κ1) is 25.0. The van der Waals surface area contributed by atoms with E-state index < -0.39 is 0 Å². The number of hydrogen-bond donors (Lipinski definition) is 0. The van der Waals surface area contributed by atoms with Crippen molar-refractivity contribution >= 4 is 66.8 Å². The maximum atomic E-state index is 6.61. The highest BCUT2D eigenvalue weighted by Gasteiger charge is 2.40. The van der Waals surface area contributed by atoms with Crippen LogP contribution in [0.5, 0.6) is 23.0 Å². The molecule has 0 aliphatic carbocycles. The van der Waals surface area contributed by atoms with Gasteiger partial charge in [-0.25, -0.2) is 0 Å². The third kappa shape index (κ3) is 3.43. The van der Waals surface area contributed by atoms with Gasteiger partial charge in [-0.1, -0.05) is 78.9 Å². The molecule has 4 nitrogen and oxygen atoms in total. The van der Waals surface area contributed by atoms with Crippen LogP contribution in [-0.4, -0.2) is 11.3 Å². The number of hydrogen-bond acceptors (Lipinski definition) is 3. The highest BCUT2D eigenvalue weighted by Crippen LogP contribution is 2.43. The summed E-state index contributed by atoms with van der Waals surface area (Å²) in [6, 6.07) is 51.0. The van der Waals surface area contributed by atoms with Crippen molar-refractivity contribution in [2.45, 2.75) is 0 Å². The Morgan fingerprint density at radius 3 is 1.89 bits per heavy atom. The maximum Gasteiger partial charge on any atom is 0.260 e. The van der Waals surface area contributed by atoms with Crippen molar-refractivity contribution in [1.29, 1.82) is 0 Å². The Bertz CT molecular complexity index is 2690. The van der Waals surface area contributed by atoms with Gasteiger partial charge in [0.05, 0.1) is 16.4 Å². The fourth-order valence-corrected chi connectivity index (χ4v) is 7.88. The minimum Gasteiger partial charge on any atom is -0.458 e. The molecule has 0 saturated carbocycles. The van der Waals surface area contributed by atoms with Crippen molar-refractivity contribution in [1.82, 2.24) is 4.57 Å². The highest BCUT2D eigenvalue weighted by molar-refractivity contribution is 6.98. The molecule has 0 amide bonds. The second kappa shape index (κ2) is 9.18. The molecule has 0 bridgehead atoms. The molecule has 0 saturated heterocycles. The van der Waals surface area contributed by atoms with Crippen LogP contribution in [0.15, 0.2) is 150 Å². The molecule has 0 fully saturated rings. The molecule has 4 heterocycles. The van der Waals surface area contributed by atoms with E-state index in [0.717, 1.165) is 99.9 Å². The molecule has 5 heteroatoms. The van der Waals surface area contributed by atoms with Crippen LogP contribution >= 0.6 is 0 Å². The number of para-hydroxylation sites is 4. The van der Waals surface area contributed by atoms with Gasteiger partial charge in [-0.05, 0) is 88.8 Å². The van der Waals surface area contributed by atoms with E-state index in [1.54, 1.807) is 0 Å². The lowest BCUT2D eigenvalue weighted by Gasteiger charge is -2.33. The van der Waals surface area contributed by atoms with Gasteiger partial charge in [0.1, 0.15) is 34.2 Å². The number of fused-ring (bicyclic) bond motifs is 11.